The Bertz CT molecular complexity index is 1030. The molecule has 0 unspecified atom stereocenters. The third-order valence-electron chi connectivity index (χ3n) is 3.32. The molecule has 26 heavy (non-hydrogen) atoms. The van der Waals surface area contributed by atoms with Crippen LogP contribution in [0.1, 0.15) is 26.5 Å². The first-order chi connectivity index (χ1) is 12.2. The van der Waals surface area contributed by atoms with Gasteiger partial charge in [-0.15, -0.1) is 15.3 Å². The molecule has 0 aliphatic rings. The van der Waals surface area contributed by atoms with Gasteiger partial charge in [0.1, 0.15) is 5.69 Å². The highest BCUT2D eigenvalue weighted by molar-refractivity contribution is 8.01. The zero-order chi connectivity index (χ0) is 18.9. The van der Waals surface area contributed by atoms with Crippen molar-refractivity contribution in [2.75, 3.05) is 11.1 Å². The molecule has 0 saturated carbocycles. The molecular weight excluding hydrogens is 394 g/mol. The minimum atomic E-state index is -0.418. The van der Waals surface area contributed by atoms with Crippen LogP contribution in [0.5, 0.6) is 0 Å². The lowest BCUT2D eigenvalue weighted by Crippen LogP contribution is -2.30. The van der Waals surface area contributed by atoms with Crippen molar-refractivity contribution in [3.63, 3.8) is 0 Å². The Kier molecular flexibility index (Phi) is 5.31. The van der Waals surface area contributed by atoms with Crippen molar-refractivity contribution in [2.24, 2.45) is 0 Å². The van der Waals surface area contributed by atoms with Gasteiger partial charge in [-0.3, -0.25) is 9.59 Å². The number of hydrogen-bond acceptors (Lipinski definition) is 7. The van der Waals surface area contributed by atoms with E-state index in [1.54, 1.807) is 24.3 Å². The molecule has 2 aromatic heterocycles. The fourth-order valence-corrected chi connectivity index (χ4v) is 3.98. The molecule has 136 valence electrons. The van der Waals surface area contributed by atoms with Gasteiger partial charge in [-0.2, -0.15) is 4.52 Å². The van der Waals surface area contributed by atoms with E-state index < -0.39 is 5.41 Å². The van der Waals surface area contributed by atoms with Crippen molar-refractivity contribution >= 4 is 51.3 Å². The summed E-state index contributed by atoms with van der Waals surface area (Å²) in [7, 11) is 0. The van der Waals surface area contributed by atoms with Gasteiger partial charge >= 0.3 is 0 Å². The van der Waals surface area contributed by atoms with Gasteiger partial charge in [-0.05, 0) is 18.2 Å². The quantitative estimate of drug-likeness (QED) is 0.665. The third kappa shape index (κ3) is 4.22. The number of rotatable bonds is 4. The first-order valence-corrected chi connectivity index (χ1v) is 9.87. The lowest BCUT2D eigenvalue weighted by Gasteiger charge is -2.14. The topological polar surface area (TPSA) is 89.2 Å². The zero-order valence-corrected chi connectivity index (χ0v) is 16.7. The molecule has 3 aromatic rings. The van der Waals surface area contributed by atoms with Gasteiger partial charge in [-0.25, -0.2) is 0 Å². The molecule has 0 aliphatic heterocycles. The smallest absolute Gasteiger partial charge is 0.297 e. The Labute approximate surface area is 162 Å². The second-order valence-corrected chi connectivity index (χ2v) is 9.13. The minimum absolute atomic E-state index is 0.153. The van der Waals surface area contributed by atoms with Crippen molar-refractivity contribution in [3.05, 3.63) is 45.3 Å². The van der Waals surface area contributed by atoms with Gasteiger partial charge in [0, 0.05) is 16.1 Å². The third-order valence-corrected chi connectivity index (χ3v) is 5.58. The summed E-state index contributed by atoms with van der Waals surface area (Å²) in [4.78, 5) is 25.0. The van der Waals surface area contributed by atoms with Crippen LogP contribution in [0.2, 0.25) is 5.02 Å². The van der Waals surface area contributed by atoms with Crippen LogP contribution in [0, 0.1) is 0 Å². The number of halogens is 1. The number of fused-ring (bicyclic) bond motifs is 1. The van der Waals surface area contributed by atoms with Crippen LogP contribution in [0.15, 0.2) is 33.4 Å². The molecular formula is C16H16ClN5O2S2. The molecule has 1 aromatic carbocycles. The van der Waals surface area contributed by atoms with E-state index in [-0.39, 0.29) is 17.2 Å². The summed E-state index contributed by atoms with van der Waals surface area (Å²) >= 11 is 8.35. The highest BCUT2D eigenvalue weighted by Gasteiger charge is 2.23. The number of carbonyl (C=O) groups is 1. The molecule has 7 nitrogen and oxygen atoms in total. The van der Waals surface area contributed by atoms with E-state index in [4.69, 9.17) is 11.6 Å². The predicted molar refractivity (Wildman–Crippen MR) is 104 cm³/mol. The van der Waals surface area contributed by atoms with Crippen molar-refractivity contribution in [1.82, 2.24) is 19.8 Å². The second-order valence-electron chi connectivity index (χ2n) is 6.51. The molecule has 0 saturated heterocycles. The van der Waals surface area contributed by atoms with Crippen LogP contribution >= 0.6 is 34.7 Å². The zero-order valence-electron chi connectivity index (χ0n) is 14.3. The Morgan fingerprint density at radius 1 is 1.35 bits per heavy atom. The SMILES string of the molecule is CC(C)(C)c1nnc2sc(SCC(=O)Nc3cccc(Cl)c3)nn2c1=O. The van der Waals surface area contributed by atoms with Gasteiger partial charge in [0.2, 0.25) is 10.9 Å². The van der Waals surface area contributed by atoms with Crippen LogP contribution in [0.25, 0.3) is 4.96 Å². The van der Waals surface area contributed by atoms with Crippen LogP contribution in [-0.4, -0.2) is 31.5 Å². The minimum Gasteiger partial charge on any atom is -0.325 e. The number of nitrogens with zero attached hydrogens (tertiary/aromatic N) is 4. The number of hydrogen-bond donors (Lipinski definition) is 1. The molecule has 0 radical (unpaired) electrons. The normalized spacial score (nSPS) is 11.7. The fourth-order valence-electron chi connectivity index (χ4n) is 2.12. The molecule has 0 atom stereocenters. The highest BCUT2D eigenvalue weighted by Crippen LogP contribution is 2.24. The average molecular weight is 410 g/mol. The van der Waals surface area contributed by atoms with Gasteiger partial charge in [0.25, 0.3) is 5.56 Å². The summed E-state index contributed by atoms with van der Waals surface area (Å²) in [6.45, 7) is 5.69. The fraction of sp³-hybridized carbons (Fsp3) is 0.312. The van der Waals surface area contributed by atoms with Gasteiger partial charge in [0.05, 0.1) is 5.75 Å². The Morgan fingerprint density at radius 3 is 2.81 bits per heavy atom. The summed E-state index contributed by atoms with van der Waals surface area (Å²) in [5.74, 6) is -0.0361. The van der Waals surface area contributed by atoms with Gasteiger partial charge in [-0.1, -0.05) is 61.5 Å². The van der Waals surface area contributed by atoms with Crippen molar-refractivity contribution in [1.29, 1.82) is 0 Å². The lowest BCUT2D eigenvalue weighted by molar-refractivity contribution is -0.113. The molecule has 0 bridgehead atoms. The molecule has 1 N–H and O–H groups in total. The molecule has 10 heteroatoms. The van der Waals surface area contributed by atoms with E-state index in [1.807, 2.05) is 20.8 Å². The molecule has 2 heterocycles. The molecule has 0 fully saturated rings. The van der Waals surface area contributed by atoms with E-state index in [0.29, 0.717) is 25.7 Å². The van der Waals surface area contributed by atoms with Crippen LogP contribution in [-0.2, 0) is 10.2 Å². The largest absolute Gasteiger partial charge is 0.325 e. The van der Waals surface area contributed by atoms with E-state index >= 15 is 0 Å². The first kappa shape index (κ1) is 18.8. The summed E-state index contributed by atoms with van der Waals surface area (Å²) in [6.07, 6.45) is 0. The summed E-state index contributed by atoms with van der Waals surface area (Å²) in [5, 5.41) is 15.7. The van der Waals surface area contributed by atoms with Crippen LogP contribution in [0.4, 0.5) is 5.69 Å². The summed E-state index contributed by atoms with van der Waals surface area (Å²) in [6, 6.07) is 6.93. The number of aromatic nitrogens is 4. The van der Waals surface area contributed by atoms with E-state index in [9.17, 15) is 9.59 Å². The standard InChI is InChI=1S/C16H16ClN5O2S2/c1-16(2,3)12-13(24)22-14(20-19-12)26-15(21-22)25-8-11(23)18-10-6-4-5-9(17)7-10/h4-7H,8H2,1-3H3,(H,18,23). The number of anilines is 1. The number of thioether (sulfide) groups is 1. The van der Waals surface area contributed by atoms with Crippen molar-refractivity contribution < 1.29 is 4.79 Å². The van der Waals surface area contributed by atoms with Gasteiger partial charge in [0.15, 0.2) is 4.34 Å². The molecule has 0 aliphatic carbocycles. The lowest BCUT2D eigenvalue weighted by atomic mass is 9.93. The van der Waals surface area contributed by atoms with Crippen molar-refractivity contribution in [3.8, 4) is 0 Å². The maximum Gasteiger partial charge on any atom is 0.297 e. The molecule has 0 spiro atoms. The summed E-state index contributed by atoms with van der Waals surface area (Å²) < 4.78 is 1.82. The molecule has 1 amide bonds. The Balaban J connectivity index is 1.72. The van der Waals surface area contributed by atoms with Crippen LogP contribution < -0.4 is 10.9 Å². The highest BCUT2D eigenvalue weighted by atomic mass is 35.5. The number of benzene rings is 1. The maximum absolute atomic E-state index is 12.5. The number of amides is 1. The maximum atomic E-state index is 12.5. The Hall–Kier alpha value is -1.97. The molecule has 3 rings (SSSR count). The summed E-state index contributed by atoms with van der Waals surface area (Å²) in [5.41, 5.74) is 0.285. The van der Waals surface area contributed by atoms with Gasteiger partial charge < -0.3 is 5.32 Å². The first-order valence-electron chi connectivity index (χ1n) is 7.69. The van der Waals surface area contributed by atoms with E-state index in [2.05, 4.69) is 20.6 Å². The van der Waals surface area contributed by atoms with Crippen LogP contribution in [0.3, 0.4) is 0 Å². The monoisotopic (exact) mass is 409 g/mol. The second kappa shape index (κ2) is 7.34. The Morgan fingerprint density at radius 2 is 2.12 bits per heavy atom. The van der Waals surface area contributed by atoms with E-state index in [0.717, 1.165) is 0 Å². The number of nitrogens with one attached hydrogen (secondary N) is 1. The van der Waals surface area contributed by atoms with E-state index in [1.165, 1.54) is 27.6 Å². The predicted octanol–water partition coefficient (Wildman–Crippen LogP) is 3.23. The number of carbonyl (C=O) groups excluding carboxylic acids is 1. The average Bonchev–Trinajstić information content (AvgIpc) is 2.96. The van der Waals surface area contributed by atoms with Crippen molar-refractivity contribution in [2.45, 2.75) is 30.5 Å².